The van der Waals surface area contributed by atoms with Crippen molar-refractivity contribution in [3.05, 3.63) is 60.2 Å². The zero-order valence-corrected chi connectivity index (χ0v) is 15.6. The fourth-order valence-corrected chi connectivity index (χ4v) is 3.33. The second-order valence-electron chi connectivity index (χ2n) is 6.98. The molecule has 2 aromatic carbocycles. The fourth-order valence-electron chi connectivity index (χ4n) is 3.33. The number of hydrogen-bond donors (Lipinski definition) is 2. The van der Waals surface area contributed by atoms with Crippen LogP contribution in [-0.4, -0.2) is 35.8 Å². The van der Waals surface area contributed by atoms with Gasteiger partial charge < -0.3 is 10.6 Å². The van der Waals surface area contributed by atoms with E-state index in [1.165, 1.54) is 6.07 Å². The summed E-state index contributed by atoms with van der Waals surface area (Å²) < 4.78 is 26.8. The number of anilines is 2. The van der Waals surface area contributed by atoms with Crippen LogP contribution in [0.15, 0.2) is 48.5 Å². The highest BCUT2D eigenvalue weighted by molar-refractivity contribution is 5.95. The van der Waals surface area contributed by atoms with E-state index >= 15 is 0 Å². The Morgan fingerprint density at radius 1 is 1.11 bits per heavy atom. The SMILES string of the molecule is C[C@@H](C(=O)Nc1ccc(F)cc1F)N1CCC[C@H](C(=O)Nc2ccccc2)C1. The van der Waals surface area contributed by atoms with Crippen LogP contribution in [0.25, 0.3) is 0 Å². The second kappa shape index (κ2) is 8.93. The summed E-state index contributed by atoms with van der Waals surface area (Å²) >= 11 is 0. The van der Waals surface area contributed by atoms with E-state index < -0.39 is 23.6 Å². The van der Waals surface area contributed by atoms with Crippen molar-refractivity contribution in [3.8, 4) is 0 Å². The summed E-state index contributed by atoms with van der Waals surface area (Å²) in [4.78, 5) is 27.0. The van der Waals surface area contributed by atoms with E-state index in [0.717, 1.165) is 30.7 Å². The molecule has 148 valence electrons. The molecule has 7 heteroatoms. The predicted octanol–water partition coefficient (Wildman–Crippen LogP) is 3.64. The van der Waals surface area contributed by atoms with Crippen LogP contribution in [0.4, 0.5) is 20.2 Å². The Morgan fingerprint density at radius 2 is 1.86 bits per heavy atom. The van der Waals surface area contributed by atoms with E-state index in [9.17, 15) is 18.4 Å². The fraction of sp³-hybridized carbons (Fsp3) is 0.333. The normalized spacial score (nSPS) is 18.3. The molecule has 3 rings (SSSR count). The molecule has 0 unspecified atom stereocenters. The van der Waals surface area contributed by atoms with Gasteiger partial charge in [-0.15, -0.1) is 0 Å². The van der Waals surface area contributed by atoms with Crippen LogP contribution in [0.2, 0.25) is 0 Å². The second-order valence-corrected chi connectivity index (χ2v) is 6.98. The third-order valence-corrected chi connectivity index (χ3v) is 4.98. The Hall–Kier alpha value is -2.80. The van der Waals surface area contributed by atoms with Gasteiger partial charge in [-0.05, 0) is 50.6 Å². The van der Waals surface area contributed by atoms with Crippen LogP contribution >= 0.6 is 0 Å². The van der Waals surface area contributed by atoms with Gasteiger partial charge in [0.25, 0.3) is 0 Å². The van der Waals surface area contributed by atoms with Crippen LogP contribution in [0.3, 0.4) is 0 Å². The number of nitrogens with one attached hydrogen (secondary N) is 2. The highest BCUT2D eigenvalue weighted by atomic mass is 19.1. The Bertz CT molecular complexity index is 845. The van der Waals surface area contributed by atoms with Crippen molar-refractivity contribution >= 4 is 23.2 Å². The number of rotatable bonds is 5. The van der Waals surface area contributed by atoms with Gasteiger partial charge >= 0.3 is 0 Å². The Kier molecular flexibility index (Phi) is 6.36. The van der Waals surface area contributed by atoms with Crippen molar-refractivity contribution in [2.24, 2.45) is 5.92 Å². The lowest BCUT2D eigenvalue weighted by Crippen LogP contribution is -2.49. The quantitative estimate of drug-likeness (QED) is 0.823. The maximum Gasteiger partial charge on any atom is 0.241 e. The van der Waals surface area contributed by atoms with Gasteiger partial charge in [0.2, 0.25) is 11.8 Å². The van der Waals surface area contributed by atoms with Gasteiger partial charge in [-0.2, -0.15) is 0 Å². The van der Waals surface area contributed by atoms with Crippen molar-refractivity contribution in [2.75, 3.05) is 23.7 Å². The minimum Gasteiger partial charge on any atom is -0.326 e. The number of benzene rings is 2. The van der Waals surface area contributed by atoms with Gasteiger partial charge in [0.05, 0.1) is 17.6 Å². The van der Waals surface area contributed by atoms with Crippen LogP contribution in [0.5, 0.6) is 0 Å². The first kappa shape index (κ1) is 19.9. The summed E-state index contributed by atoms with van der Waals surface area (Å²) in [6.07, 6.45) is 1.53. The molecule has 1 aliphatic heterocycles. The smallest absolute Gasteiger partial charge is 0.241 e. The molecule has 2 atom stereocenters. The molecule has 0 saturated carbocycles. The molecule has 2 aromatic rings. The molecule has 0 aromatic heterocycles. The molecule has 28 heavy (non-hydrogen) atoms. The molecule has 2 N–H and O–H groups in total. The van der Waals surface area contributed by atoms with Crippen molar-refractivity contribution in [2.45, 2.75) is 25.8 Å². The van der Waals surface area contributed by atoms with Gasteiger partial charge in [-0.3, -0.25) is 14.5 Å². The molecular weight excluding hydrogens is 364 g/mol. The Labute approximate surface area is 162 Å². The minimum atomic E-state index is -0.820. The molecule has 0 spiro atoms. The zero-order valence-electron chi connectivity index (χ0n) is 15.6. The number of carbonyl (C=O) groups is 2. The van der Waals surface area contributed by atoms with E-state index in [0.29, 0.717) is 13.1 Å². The largest absolute Gasteiger partial charge is 0.326 e. The van der Waals surface area contributed by atoms with Crippen LogP contribution in [0, 0.1) is 17.6 Å². The summed E-state index contributed by atoms with van der Waals surface area (Å²) in [7, 11) is 0. The third kappa shape index (κ3) is 4.92. The van der Waals surface area contributed by atoms with E-state index in [4.69, 9.17) is 0 Å². The van der Waals surface area contributed by atoms with Crippen molar-refractivity contribution < 1.29 is 18.4 Å². The molecular formula is C21H23F2N3O2. The molecule has 1 aliphatic rings. The number of likely N-dealkylation sites (tertiary alicyclic amines) is 1. The highest BCUT2D eigenvalue weighted by Crippen LogP contribution is 2.22. The van der Waals surface area contributed by atoms with Gasteiger partial charge in [0.1, 0.15) is 11.6 Å². The van der Waals surface area contributed by atoms with Gasteiger partial charge in [-0.1, -0.05) is 18.2 Å². The average molecular weight is 387 g/mol. The van der Waals surface area contributed by atoms with Crippen LogP contribution < -0.4 is 10.6 Å². The first-order valence-corrected chi connectivity index (χ1v) is 9.30. The third-order valence-electron chi connectivity index (χ3n) is 4.98. The average Bonchev–Trinajstić information content (AvgIpc) is 2.70. The molecule has 0 bridgehead atoms. The number of piperidine rings is 1. The lowest BCUT2D eigenvalue weighted by atomic mass is 9.95. The monoisotopic (exact) mass is 387 g/mol. The van der Waals surface area contributed by atoms with Gasteiger partial charge in [-0.25, -0.2) is 8.78 Å². The maximum atomic E-state index is 13.8. The topological polar surface area (TPSA) is 61.4 Å². The number of amides is 2. The molecule has 1 heterocycles. The Balaban J connectivity index is 1.59. The summed E-state index contributed by atoms with van der Waals surface area (Å²) in [6.45, 7) is 2.84. The van der Waals surface area contributed by atoms with Gasteiger partial charge in [0, 0.05) is 18.3 Å². The van der Waals surface area contributed by atoms with Crippen LogP contribution in [0.1, 0.15) is 19.8 Å². The first-order chi connectivity index (χ1) is 13.4. The number of para-hydroxylation sites is 1. The molecule has 0 radical (unpaired) electrons. The van der Waals surface area contributed by atoms with E-state index in [2.05, 4.69) is 10.6 Å². The first-order valence-electron chi connectivity index (χ1n) is 9.30. The van der Waals surface area contributed by atoms with Crippen molar-refractivity contribution in [1.29, 1.82) is 0 Å². The van der Waals surface area contributed by atoms with E-state index in [-0.39, 0.29) is 17.5 Å². The number of carbonyl (C=O) groups excluding carboxylic acids is 2. The maximum absolute atomic E-state index is 13.8. The number of halogens is 2. The number of nitrogens with zero attached hydrogens (tertiary/aromatic N) is 1. The lowest BCUT2D eigenvalue weighted by Gasteiger charge is -2.35. The number of hydrogen-bond acceptors (Lipinski definition) is 3. The highest BCUT2D eigenvalue weighted by Gasteiger charge is 2.31. The molecule has 2 amide bonds. The standard InChI is InChI=1S/C21H23F2N3O2/c1-14(20(27)25-19-10-9-16(22)12-18(19)23)26-11-5-6-15(13-26)21(28)24-17-7-3-2-4-8-17/h2-4,7-10,12,14-15H,5-6,11,13H2,1H3,(H,24,28)(H,25,27)/t14-,15-/m0/s1. The van der Waals surface area contributed by atoms with Crippen molar-refractivity contribution in [3.63, 3.8) is 0 Å². The predicted molar refractivity (Wildman–Crippen MR) is 104 cm³/mol. The summed E-state index contributed by atoms with van der Waals surface area (Å²) in [5.41, 5.74) is 0.677. The van der Waals surface area contributed by atoms with Crippen LogP contribution in [-0.2, 0) is 9.59 Å². The molecule has 1 saturated heterocycles. The zero-order chi connectivity index (χ0) is 20.1. The van der Waals surface area contributed by atoms with Gasteiger partial charge in [0.15, 0.2) is 0 Å². The minimum absolute atomic E-state index is 0.0615. The molecule has 0 aliphatic carbocycles. The summed E-state index contributed by atoms with van der Waals surface area (Å²) in [5, 5.41) is 5.40. The summed E-state index contributed by atoms with van der Waals surface area (Å²) in [6, 6.07) is 11.7. The van der Waals surface area contributed by atoms with E-state index in [1.54, 1.807) is 6.92 Å². The van der Waals surface area contributed by atoms with E-state index in [1.807, 2.05) is 35.2 Å². The molecule has 1 fully saturated rings. The summed E-state index contributed by atoms with van der Waals surface area (Å²) in [5.74, 6) is -2.22. The lowest BCUT2D eigenvalue weighted by molar-refractivity contribution is -0.125. The Morgan fingerprint density at radius 3 is 2.57 bits per heavy atom. The van der Waals surface area contributed by atoms with Crippen molar-refractivity contribution in [1.82, 2.24) is 4.90 Å². The molecule has 5 nitrogen and oxygen atoms in total.